The number of phosphoric acid groups is 1. The van der Waals surface area contributed by atoms with Gasteiger partial charge in [-0.15, -0.1) is 0 Å². The van der Waals surface area contributed by atoms with Crippen molar-refractivity contribution in [3.05, 3.63) is 40.2 Å². The standard InChI is InChI=1S/C10H10NO6P/c11-5-7-6-3-1-2-4-8(6)16-10(12)9(7)17-18(13,14)15/h1-4H,5,11H2,(H2,13,14,15). The molecule has 0 aliphatic carbocycles. The van der Waals surface area contributed by atoms with Gasteiger partial charge in [-0.25, -0.2) is 9.36 Å². The quantitative estimate of drug-likeness (QED) is 0.555. The maximum absolute atomic E-state index is 11.6. The zero-order chi connectivity index (χ0) is 13.3. The highest BCUT2D eigenvalue weighted by atomic mass is 31.2. The first-order valence-corrected chi connectivity index (χ1v) is 6.45. The molecule has 2 rings (SSSR count). The number of rotatable bonds is 3. The Balaban J connectivity index is 2.76. The van der Waals surface area contributed by atoms with Gasteiger partial charge in [0, 0.05) is 17.5 Å². The zero-order valence-electron chi connectivity index (χ0n) is 9.07. The number of benzene rings is 1. The van der Waals surface area contributed by atoms with Gasteiger partial charge in [0.2, 0.25) is 5.75 Å². The van der Waals surface area contributed by atoms with Gasteiger partial charge < -0.3 is 14.7 Å². The molecule has 0 radical (unpaired) electrons. The van der Waals surface area contributed by atoms with Crippen molar-refractivity contribution in [2.24, 2.45) is 5.73 Å². The fraction of sp³-hybridized carbons (Fsp3) is 0.100. The first kappa shape index (κ1) is 12.8. The molecule has 1 aromatic heterocycles. The first-order chi connectivity index (χ1) is 8.42. The number of para-hydroxylation sites is 1. The molecule has 4 N–H and O–H groups in total. The van der Waals surface area contributed by atoms with E-state index in [1.54, 1.807) is 24.3 Å². The molecule has 0 atom stereocenters. The maximum Gasteiger partial charge on any atom is 0.525 e. The van der Waals surface area contributed by atoms with Gasteiger partial charge in [-0.1, -0.05) is 18.2 Å². The van der Waals surface area contributed by atoms with Crippen molar-refractivity contribution >= 4 is 18.8 Å². The molecule has 7 nitrogen and oxygen atoms in total. The summed E-state index contributed by atoms with van der Waals surface area (Å²) in [4.78, 5) is 29.1. The van der Waals surface area contributed by atoms with Crippen LogP contribution in [0.3, 0.4) is 0 Å². The highest BCUT2D eigenvalue weighted by molar-refractivity contribution is 7.46. The topological polar surface area (TPSA) is 123 Å². The van der Waals surface area contributed by atoms with Gasteiger partial charge in [0.05, 0.1) is 0 Å². The summed E-state index contributed by atoms with van der Waals surface area (Å²) < 4.78 is 20.1. The van der Waals surface area contributed by atoms with Crippen LogP contribution in [0.1, 0.15) is 5.56 Å². The third-order valence-electron chi connectivity index (χ3n) is 2.29. The lowest BCUT2D eigenvalue weighted by Gasteiger charge is -2.11. The molecule has 0 spiro atoms. The fourth-order valence-electron chi connectivity index (χ4n) is 1.61. The lowest BCUT2D eigenvalue weighted by molar-refractivity contribution is 0.277. The molecule has 0 fully saturated rings. The van der Waals surface area contributed by atoms with E-state index < -0.39 is 19.2 Å². The summed E-state index contributed by atoms with van der Waals surface area (Å²) in [5, 5.41) is 0.475. The van der Waals surface area contributed by atoms with E-state index in [1.165, 1.54) is 0 Å². The van der Waals surface area contributed by atoms with Crippen molar-refractivity contribution in [1.82, 2.24) is 0 Å². The predicted molar refractivity (Wildman–Crippen MR) is 63.0 cm³/mol. The SMILES string of the molecule is NCc1c(OP(=O)(O)O)c(=O)oc2ccccc12. The minimum Gasteiger partial charge on any atom is -0.420 e. The van der Waals surface area contributed by atoms with Crippen LogP contribution in [0.25, 0.3) is 11.0 Å². The Labute approximate surface area is 101 Å². The van der Waals surface area contributed by atoms with Crippen LogP contribution in [-0.2, 0) is 11.1 Å². The number of hydrogen-bond acceptors (Lipinski definition) is 5. The molecule has 0 bridgehead atoms. The van der Waals surface area contributed by atoms with E-state index >= 15 is 0 Å². The summed E-state index contributed by atoms with van der Waals surface area (Å²) in [5.41, 5.74) is 4.99. The van der Waals surface area contributed by atoms with Crippen LogP contribution in [0.2, 0.25) is 0 Å². The summed E-state index contributed by atoms with van der Waals surface area (Å²) in [6.07, 6.45) is 0. The maximum atomic E-state index is 11.6. The number of fused-ring (bicyclic) bond motifs is 1. The second-order valence-electron chi connectivity index (χ2n) is 3.48. The van der Waals surface area contributed by atoms with Crippen molar-refractivity contribution < 1.29 is 23.3 Å². The molecule has 96 valence electrons. The number of nitrogens with two attached hydrogens (primary N) is 1. The third kappa shape index (κ3) is 2.44. The van der Waals surface area contributed by atoms with Gasteiger partial charge in [0.1, 0.15) is 5.58 Å². The predicted octanol–water partition coefficient (Wildman–Crippen LogP) is 0.723. The molecule has 1 heterocycles. The highest BCUT2D eigenvalue weighted by Gasteiger charge is 2.23. The van der Waals surface area contributed by atoms with Crippen molar-refractivity contribution in [3.63, 3.8) is 0 Å². The van der Waals surface area contributed by atoms with Crippen molar-refractivity contribution in [2.45, 2.75) is 6.54 Å². The Bertz CT molecular complexity index is 688. The van der Waals surface area contributed by atoms with Crippen LogP contribution in [0.15, 0.2) is 33.5 Å². The van der Waals surface area contributed by atoms with Crippen LogP contribution in [0.5, 0.6) is 5.75 Å². The molecule has 2 aromatic rings. The first-order valence-electron chi connectivity index (χ1n) is 4.92. The van der Waals surface area contributed by atoms with Gasteiger partial charge in [0.15, 0.2) is 0 Å². The molecule has 0 aliphatic rings. The number of hydrogen-bond donors (Lipinski definition) is 3. The van der Waals surface area contributed by atoms with Crippen LogP contribution in [0.4, 0.5) is 0 Å². The van der Waals surface area contributed by atoms with Gasteiger partial charge in [-0.2, -0.15) is 0 Å². The third-order valence-corrected chi connectivity index (χ3v) is 2.71. The van der Waals surface area contributed by atoms with Crippen molar-refractivity contribution in [3.8, 4) is 5.75 Å². The van der Waals surface area contributed by atoms with Gasteiger partial charge in [0.25, 0.3) is 0 Å². The Morgan fingerprint density at radius 2 is 2.00 bits per heavy atom. The Kier molecular flexibility index (Phi) is 3.23. The Hall–Kier alpha value is -1.66. The fourth-order valence-corrected chi connectivity index (χ4v) is 2.03. The number of phosphoric ester groups is 1. The average molecular weight is 271 g/mol. The molecule has 0 unspecified atom stereocenters. The lowest BCUT2D eigenvalue weighted by Crippen LogP contribution is -2.11. The molecule has 8 heteroatoms. The molecule has 0 aliphatic heterocycles. The molecule has 0 saturated heterocycles. The summed E-state index contributed by atoms with van der Waals surface area (Å²) in [7, 11) is -4.85. The minimum atomic E-state index is -4.85. The van der Waals surface area contributed by atoms with Crippen LogP contribution >= 0.6 is 7.82 Å². The van der Waals surface area contributed by atoms with E-state index in [4.69, 9.17) is 19.9 Å². The Morgan fingerprint density at radius 1 is 1.33 bits per heavy atom. The largest absolute Gasteiger partial charge is 0.525 e. The van der Waals surface area contributed by atoms with E-state index in [1.807, 2.05) is 0 Å². The summed E-state index contributed by atoms with van der Waals surface area (Å²) >= 11 is 0. The lowest BCUT2D eigenvalue weighted by atomic mass is 10.1. The molecule has 0 amide bonds. The van der Waals surface area contributed by atoms with E-state index in [0.29, 0.717) is 5.39 Å². The highest BCUT2D eigenvalue weighted by Crippen LogP contribution is 2.38. The van der Waals surface area contributed by atoms with E-state index in [2.05, 4.69) is 4.52 Å². The average Bonchev–Trinajstić information content (AvgIpc) is 2.28. The second kappa shape index (κ2) is 4.55. The van der Waals surface area contributed by atoms with E-state index in [-0.39, 0.29) is 17.7 Å². The minimum absolute atomic E-state index is 0.110. The van der Waals surface area contributed by atoms with Crippen LogP contribution in [0, 0.1) is 0 Å². The summed E-state index contributed by atoms with van der Waals surface area (Å²) in [6.45, 7) is -0.110. The van der Waals surface area contributed by atoms with Gasteiger partial charge in [-0.05, 0) is 6.07 Å². The molecular formula is C10H10NO6P. The summed E-state index contributed by atoms with van der Waals surface area (Å²) in [6, 6.07) is 6.52. The van der Waals surface area contributed by atoms with Crippen LogP contribution in [-0.4, -0.2) is 9.79 Å². The summed E-state index contributed by atoms with van der Waals surface area (Å²) in [5.74, 6) is -0.551. The van der Waals surface area contributed by atoms with Crippen LogP contribution < -0.4 is 15.9 Å². The molecule has 18 heavy (non-hydrogen) atoms. The second-order valence-corrected chi connectivity index (χ2v) is 4.64. The molecule has 0 saturated carbocycles. The molecular weight excluding hydrogens is 261 g/mol. The van der Waals surface area contributed by atoms with Gasteiger partial charge in [-0.3, -0.25) is 9.79 Å². The van der Waals surface area contributed by atoms with E-state index in [9.17, 15) is 9.36 Å². The molecule has 1 aromatic carbocycles. The van der Waals surface area contributed by atoms with Gasteiger partial charge >= 0.3 is 13.4 Å². The van der Waals surface area contributed by atoms with Crippen molar-refractivity contribution in [1.29, 1.82) is 0 Å². The normalized spacial score (nSPS) is 11.7. The monoisotopic (exact) mass is 271 g/mol. The zero-order valence-corrected chi connectivity index (χ0v) is 9.96. The van der Waals surface area contributed by atoms with Crippen molar-refractivity contribution in [2.75, 3.05) is 0 Å². The smallest absolute Gasteiger partial charge is 0.420 e. The van der Waals surface area contributed by atoms with E-state index in [0.717, 1.165) is 0 Å². The Morgan fingerprint density at radius 3 is 2.61 bits per heavy atom.